The van der Waals surface area contributed by atoms with Crippen molar-refractivity contribution in [1.82, 2.24) is 5.32 Å². The first-order chi connectivity index (χ1) is 10.2. The largest absolute Gasteiger partial charge is 0.480 e. The summed E-state index contributed by atoms with van der Waals surface area (Å²) >= 11 is 0. The van der Waals surface area contributed by atoms with Crippen molar-refractivity contribution in [2.75, 3.05) is 0 Å². The fraction of sp³-hybridized carbons (Fsp3) is 0.389. The highest BCUT2D eigenvalue weighted by Crippen LogP contribution is 2.26. The molecule has 3 rings (SSSR count). The molecule has 1 aliphatic rings. The normalized spacial score (nSPS) is 16.8. The highest BCUT2D eigenvalue weighted by Gasteiger charge is 2.21. The molecule has 1 unspecified atom stereocenters. The van der Waals surface area contributed by atoms with Crippen molar-refractivity contribution in [1.29, 1.82) is 0 Å². The van der Waals surface area contributed by atoms with E-state index >= 15 is 0 Å². The molecule has 1 aliphatic carbocycles. The van der Waals surface area contributed by atoms with Crippen LogP contribution in [0.15, 0.2) is 42.5 Å². The lowest BCUT2D eigenvalue weighted by molar-refractivity contribution is -0.127. The van der Waals surface area contributed by atoms with E-state index in [0.29, 0.717) is 6.04 Å². The molecule has 0 heterocycles. The molecule has 1 amide bonds. The standard InChI is InChI=1S/C18H21NO2/c1-13(18(20)19-15-9-3-4-10-15)21-17-12-6-8-14-7-2-5-11-16(14)17/h2,5-8,11-13,15H,3-4,9-10H2,1H3,(H,19,20). The van der Waals surface area contributed by atoms with Crippen molar-refractivity contribution < 1.29 is 9.53 Å². The Morgan fingerprint density at radius 2 is 1.86 bits per heavy atom. The van der Waals surface area contributed by atoms with Crippen LogP contribution >= 0.6 is 0 Å². The second-order valence-electron chi connectivity index (χ2n) is 5.73. The number of ether oxygens (including phenoxy) is 1. The molecule has 0 aliphatic heterocycles. The third-order valence-electron chi connectivity index (χ3n) is 4.12. The highest BCUT2D eigenvalue weighted by atomic mass is 16.5. The van der Waals surface area contributed by atoms with Crippen LogP contribution in [0.3, 0.4) is 0 Å². The van der Waals surface area contributed by atoms with Crippen LogP contribution in [0.1, 0.15) is 32.6 Å². The van der Waals surface area contributed by atoms with Crippen LogP contribution in [0.2, 0.25) is 0 Å². The molecule has 2 aromatic carbocycles. The summed E-state index contributed by atoms with van der Waals surface area (Å²) in [7, 11) is 0. The van der Waals surface area contributed by atoms with E-state index in [1.54, 1.807) is 0 Å². The molecule has 1 atom stereocenters. The molecule has 2 aromatic rings. The van der Waals surface area contributed by atoms with Crippen molar-refractivity contribution in [3.05, 3.63) is 42.5 Å². The Kier molecular flexibility index (Phi) is 4.09. The molecule has 110 valence electrons. The molecule has 0 spiro atoms. The minimum absolute atomic E-state index is 0.0187. The molecule has 1 N–H and O–H groups in total. The zero-order valence-electron chi connectivity index (χ0n) is 12.3. The fourth-order valence-electron chi connectivity index (χ4n) is 2.93. The Labute approximate surface area is 125 Å². The number of carbonyl (C=O) groups excluding carboxylic acids is 1. The second kappa shape index (κ2) is 6.17. The van der Waals surface area contributed by atoms with Gasteiger partial charge in [0.25, 0.3) is 5.91 Å². The molecular weight excluding hydrogens is 262 g/mol. The average Bonchev–Trinajstić information content (AvgIpc) is 3.00. The maximum atomic E-state index is 12.2. The van der Waals surface area contributed by atoms with Gasteiger partial charge >= 0.3 is 0 Å². The summed E-state index contributed by atoms with van der Waals surface area (Å²) in [6.07, 6.45) is 4.13. The van der Waals surface area contributed by atoms with E-state index in [4.69, 9.17) is 4.74 Å². The summed E-state index contributed by atoms with van der Waals surface area (Å²) < 4.78 is 5.89. The molecule has 1 saturated carbocycles. The zero-order chi connectivity index (χ0) is 14.7. The van der Waals surface area contributed by atoms with Crippen LogP contribution < -0.4 is 10.1 Å². The van der Waals surface area contributed by atoms with E-state index in [-0.39, 0.29) is 5.91 Å². The lowest BCUT2D eigenvalue weighted by Gasteiger charge is -2.19. The van der Waals surface area contributed by atoms with E-state index in [9.17, 15) is 4.79 Å². The number of nitrogens with one attached hydrogen (secondary N) is 1. The summed E-state index contributed by atoms with van der Waals surface area (Å²) in [5.41, 5.74) is 0. The van der Waals surface area contributed by atoms with E-state index in [1.807, 2.05) is 49.4 Å². The van der Waals surface area contributed by atoms with Crippen molar-refractivity contribution in [3.8, 4) is 5.75 Å². The first-order valence-corrected chi connectivity index (χ1v) is 7.69. The number of carbonyl (C=O) groups is 1. The first-order valence-electron chi connectivity index (χ1n) is 7.69. The monoisotopic (exact) mass is 283 g/mol. The second-order valence-corrected chi connectivity index (χ2v) is 5.73. The van der Waals surface area contributed by atoms with Crippen molar-refractivity contribution >= 4 is 16.7 Å². The van der Waals surface area contributed by atoms with Gasteiger partial charge in [0.05, 0.1) is 0 Å². The van der Waals surface area contributed by atoms with Gasteiger partial charge in [0.1, 0.15) is 5.75 Å². The number of benzene rings is 2. The average molecular weight is 283 g/mol. The SMILES string of the molecule is CC(Oc1cccc2ccccc12)C(=O)NC1CCCC1. The van der Waals surface area contributed by atoms with Crippen LogP contribution in [0.5, 0.6) is 5.75 Å². The third kappa shape index (κ3) is 3.18. The Hall–Kier alpha value is -2.03. The Bertz CT molecular complexity index is 627. The van der Waals surface area contributed by atoms with Crippen LogP contribution in [-0.4, -0.2) is 18.1 Å². The van der Waals surface area contributed by atoms with Gasteiger partial charge < -0.3 is 10.1 Å². The van der Waals surface area contributed by atoms with Crippen LogP contribution in [0.25, 0.3) is 10.8 Å². The Balaban J connectivity index is 1.70. The Morgan fingerprint density at radius 1 is 1.14 bits per heavy atom. The Morgan fingerprint density at radius 3 is 2.67 bits per heavy atom. The number of amides is 1. The summed E-state index contributed by atoms with van der Waals surface area (Å²) in [5.74, 6) is 0.747. The predicted molar refractivity (Wildman–Crippen MR) is 84.4 cm³/mol. The van der Waals surface area contributed by atoms with Gasteiger partial charge in [-0.1, -0.05) is 49.2 Å². The maximum Gasteiger partial charge on any atom is 0.260 e. The van der Waals surface area contributed by atoms with Gasteiger partial charge in [0.2, 0.25) is 0 Å². The number of hydrogen-bond acceptors (Lipinski definition) is 2. The molecule has 3 nitrogen and oxygen atoms in total. The molecule has 0 aromatic heterocycles. The van der Waals surface area contributed by atoms with Gasteiger partial charge in [-0.3, -0.25) is 4.79 Å². The fourth-order valence-corrected chi connectivity index (χ4v) is 2.93. The molecular formula is C18H21NO2. The summed E-state index contributed by atoms with van der Waals surface area (Å²) in [6, 6.07) is 14.3. The topological polar surface area (TPSA) is 38.3 Å². The quantitative estimate of drug-likeness (QED) is 0.929. The summed E-state index contributed by atoms with van der Waals surface area (Å²) in [5, 5.41) is 5.25. The number of rotatable bonds is 4. The van der Waals surface area contributed by atoms with Gasteiger partial charge in [-0.05, 0) is 31.2 Å². The molecule has 1 fully saturated rings. The zero-order valence-corrected chi connectivity index (χ0v) is 12.3. The van der Waals surface area contributed by atoms with Crippen molar-refractivity contribution in [2.45, 2.75) is 44.8 Å². The van der Waals surface area contributed by atoms with Gasteiger partial charge in [-0.25, -0.2) is 0 Å². The van der Waals surface area contributed by atoms with Crippen molar-refractivity contribution in [2.24, 2.45) is 0 Å². The summed E-state index contributed by atoms with van der Waals surface area (Å²) in [6.45, 7) is 1.81. The summed E-state index contributed by atoms with van der Waals surface area (Å²) in [4.78, 5) is 12.2. The molecule has 0 bridgehead atoms. The molecule has 0 radical (unpaired) electrons. The van der Waals surface area contributed by atoms with E-state index < -0.39 is 6.10 Å². The van der Waals surface area contributed by atoms with Gasteiger partial charge in [0.15, 0.2) is 6.10 Å². The van der Waals surface area contributed by atoms with Gasteiger partial charge in [-0.2, -0.15) is 0 Å². The maximum absolute atomic E-state index is 12.2. The first kappa shape index (κ1) is 13.9. The number of fused-ring (bicyclic) bond motifs is 1. The van der Waals surface area contributed by atoms with E-state index in [0.717, 1.165) is 29.4 Å². The van der Waals surface area contributed by atoms with E-state index in [2.05, 4.69) is 5.32 Å². The molecule has 21 heavy (non-hydrogen) atoms. The lowest BCUT2D eigenvalue weighted by Crippen LogP contribution is -2.41. The van der Waals surface area contributed by atoms with Crippen LogP contribution in [-0.2, 0) is 4.79 Å². The smallest absolute Gasteiger partial charge is 0.260 e. The van der Waals surface area contributed by atoms with Gasteiger partial charge in [-0.15, -0.1) is 0 Å². The minimum Gasteiger partial charge on any atom is -0.480 e. The lowest BCUT2D eigenvalue weighted by atomic mass is 10.1. The van der Waals surface area contributed by atoms with Gasteiger partial charge in [0, 0.05) is 11.4 Å². The molecule has 0 saturated heterocycles. The van der Waals surface area contributed by atoms with E-state index in [1.165, 1.54) is 12.8 Å². The minimum atomic E-state index is -0.476. The van der Waals surface area contributed by atoms with Crippen LogP contribution in [0, 0.1) is 0 Å². The third-order valence-corrected chi connectivity index (χ3v) is 4.12. The highest BCUT2D eigenvalue weighted by molar-refractivity contribution is 5.89. The van der Waals surface area contributed by atoms with Crippen LogP contribution in [0.4, 0.5) is 0 Å². The number of hydrogen-bond donors (Lipinski definition) is 1. The van der Waals surface area contributed by atoms with Crippen molar-refractivity contribution in [3.63, 3.8) is 0 Å². The molecule has 3 heteroatoms. The predicted octanol–water partition coefficient (Wildman–Crippen LogP) is 3.67.